The van der Waals surface area contributed by atoms with Gasteiger partial charge in [-0.2, -0.15) is 13.2 Å². The first kappa shape index (κ1) is 13.8. The number of benzene rings is 2. The number of hydrogen-bond donors (Lipinski definition) is 1. The molecule has 1 nitrogen and oxygen atoms in total. The highest BCUT2D eigenvalue weighted by molar-refractivity contribution is 7.98. The normalized spacial score (nSPS) is 11.6. The number of thioether (sulfide) groups is 1. The lowest BCUT2D eigenvalue weighted by Gasteiger charge is -2.10. The van der Waals surface area contributed by atoms with E-state index in [1.165, 1.54) is 17.8 Å². The Balaban J connectivity index is 2.53. The van der Waals surface area contributed by atoms with Crippen LogP contribution in [0.4, 0.5) is 13.2 Å². The Labute approximate surface area is 113 Å². The minimum Gasteiger partial charge on any atom is -0.508 e. The monoisotopic (exact) mass is 284 g/mol. The maximum atomic E-state index is 12.7. The van der Waals surface area contributed by atoms with E-state index in [9.17, 15) is 18.3 Å². The van der Waals surface area contributed by atoms with E-state index >= 15 is 0 Å². The van der Waals surface area contributed by atoms with E-state index in [0.717, 1.165) is 17.0 Å². The lowest BCUT2D eigenvalue weighted by Crippen LogP contribution is -2.04. The standard InChI is InChI=1S/C14H11F3OS/c1-19-13-4-2-3-9(7-13)10-5-11(14(15,16)17)8-12(18)6-10/h2-8,18H,1H3. The zero-order chi connectivity index (χ0) is 14.0. The van der Waals surface area contributed by atoms with Crippen LogP contribution in [0.2, 0.25) is 0 Å². The Morgan fingerprint density at radius 1 is 1.00 bits per heavy atom. The van der Waals surface area contributed by atoms with Gasteiger partial charge in [-0.25, -0.2) is 0 Å². The van der Waals surface area contributed by atoms with E-state index in [-0.39, 0.29) is 5.75 Å². The third-order valence-corrected chi connectivity index (χ3v) is 3.37. The van der Waals surface area contributed by atoms with Crippen molar-refractivity contribution in [2.24, 2.45) is 0 Å². The van der Waals surface area contributed by atoms with Gasteiger partial charge in [0.25, 0.3) is 0 Å². The molecule has 0 atom stereocenters. The van der Waals surface area contributed by atoms with Crippen molar-refractivity contribution in [3.05, 3.63) is 48.0 Å². The zero-order valence-electron chi connectivity index (χ0n) is 10.0. The number of halogens is 3. The van der Waals surface area contributed by atoms with Crippen LogP contribution in [0.5, 0.6) is 5.75 Å². The molecule has 0 aliphatic carbocycles. The van der Waals surface area contributed by atoms with E-state index in [1.54, 1.807) is 18.2 Å². The molecule has 0 bridgehead atoms. The van der Waals surface area contributed by atoms with Gasteiger partial charge >= 0.3 is 6.18 Å². The first-order valence-electron chi connectivity index (χ1n) is 5.46. The fraction of sp³-hybridized carbons (Fsp3) is 0.143. The highest BCUT2D eigenvalue weighted by Gasteiger charge is 2.31. The number of hydrogen-bond acceptors (Lipinski definition) is 2. The predicted octanol–water partition coefficient (Wildman–Crippen LogP) is 4.80. The van der Waals surface area contributed by atoms with Gasteiger partial charge in [-0.15, -0.1) is 11.8 Å². The Bertz CT molecular complexity index is 593. The summed E-state index contributed by atoms with van der Waals surface area (Å²) in [5.41, 5.74) is 0.147. The van der Waals surface area contributed by atoms with E-state index in [1.807, 2.05) is 12.3 Å². The number of rotatable bonds is 2. The van der Waals surface area contributed by atoms with Crippen LogP contribution in [-0.4, -0.2) is 11.4 Å². The summed E-state index contributed by atoms with van der Waals surface area (Å²) in [4.78, 5) is 0.953. The van der Waals surface area contributed by atoms with Crippen LogP contribution in [0.25, 0.3) is 11.1 Å². The van der Waals surface area contributed by atoms with Gasteiger partial charge in [0.15, 0.2) is 0 Å². The van der Waals surface area contributed by atoms with Gasteiger partial charge in [0.1, 0.15) is 5.75 Å². The highest BCUT2D eigenvalue weighted by atomic mass is 32.2. The van der Waals surface area contributed by atoms with Gasteiger partial charge in [-0.3, -0.25) is 0 Å². The second kappa shape index (κ2) is 5.17. The molecule has 0 spiro atoms. The molecule has 0 saturated heterocycles. The zero-order valence-corrected chi connectivity index (χ0v) is 10.8. The van der Waals surface area contributed by atoms with Crippen LogP contribution < -0.4 is 0 Å². The number of alkyl halides is 3. The minimum absolute atomic E-state index is 0.350. The quantitative estimate of drug-likeness (QED) is 0.799. The van der Waals surface area contributed by atoms with Crippen molar-refractivity contribution in [2.45, 2.75) is 11.1 Å². The number of aromatic hydroxyl groups is 1. The molecular formula is C14H11F3OS. The van der Waals surface area contributed by atoms with E-state index < -0.39 is 11.7 Å². The first-order chi connectivity index (χ1) is 8.90. The molecule has 5 heteroatoms. The van der Waals surface area contributed by atoms with Gasteiger partial charge < -0.3 is 5.11 Å². The molecule has 19 heavy (non-hydrogen) atoms. The molecule has 100 valence electrons. The van der Waals surface area contributed by atoms with E-state index in [0.29, 0.717) is 11.1 Å². The van der Waals surface area contributed by atoms with Crippen molar-refractivity contribution in [2.75, 3.05) is 6.26 Å². The third-order valence-electron chi connectivity index (χ3n) is 2.65. The summed E-state index contributed by atoms with van der Waals surface area (Å²) < 4.78 is 38.1. The van der Waals surface area contributed by atoms with Crippen molar-refractivity contribution in [3.63, 3.8) is 0 Å². The second-order valence-electron chi connectivity index (χ2n) is 4.00. The van der Waals surface area contributed by atoms with Crippen molar-refractivity contribution >= 4 is 11.8 Å². The summed E-state index contributed by atoms with van der Waals surface area (Å²) in [5.74, 6) is -0.389. The molecule has 1 N–H and O–H groups in total. The fourth-order valence-electron chi connectivity index (χ4n) is 1.74. The average Bonchev–Trinajstić information content (AvgIpc) is 2.37. The molecule has 2 aromatic rings. The Kier molecular flexibility index (Phi) is 3.75. The third kappa shape index (κ3) is 3.23. The van der Waals surface area contributed by atoms with Crippen LogP contribution in [0, 0.1) is 0 Å². The van der Waals surface area contributed by atoms with Crippen LogP contribution in [0.3, 0.4) is 0 Å². The predicted molar refractivity (Wildman–Crippen MR) is 70.3 cm³/mol. The number of phenolic OH excluding ortho intramolecular Hbond substituents is 1. The summed E-state index contributed by atoms with van der Waals surface area (Å²) >= 11 is 1.51. The summed E-state index contributed by atoms with van der Waals surface area (Å²) in [6, 6.07) is 10.3. The highest BCUT2D eigenvalue weighted by Crippen LogP contribution is 2.35. The van der Waals surface area contributed by atoms with Crippen LogP contribution in [0.15, 0.2) is 47.4 Å². The summed E-state index contributed by atoms with van der Waals surface area (Å²) in [7, 11) is 0. The second-order valence-corrected chi connectivity index (χ2v) is 4.88. The SMILES string of the molecule is CSc1cccc(-c2cc(O)cc(C(F)(F)F)c2)c1. The molecular weight excluding hydrogens is 273 g/mol. The smallest absolute Gasteiger partial charge is 0.416 e. The maximum absolute atomic E-state index is 12.7. The molecule has 0 saturated carbocycles. The van der Waals surface area contributed by atoms with Gasteiger partial charge in [-0.1, -0.05) is 12.1 Å². The molecule has 0 amide bonds. The van der Waals surface area contributed by atoms with Gasteiger partial charge in [0.2, 0.25) is 0 Å². The van der Waals surface area contributed by atoms with Gasteiger partial charge in [0.05, 0.1) is 5.56 Å². The molecule has 0 unspecified atom stereocenters. The van der Waals surface area contributed by atoms with Gasteiger partial charge in [-0.05, 0) is 47.7 Å². The largest absolute Gasteiger partial charge is 0.508 e. The van der Waals surface area contributed by atoms with Gasteiger partial charge in [0, 0.05) is 4.90 Å². The maximum Gasteiger partial charge on any atom is 0.416 e. The molecule has 0 fully saturated rings. The number of phenols is 1. The van der Waals surface area contributed by atoms with Crippen LogP contribution >= 0.6 is 11.8 Å². The minimum atomic E-state index is -4.47. The van der Waals surface area contributed by atoms with Crippen LogP contribution in [0.1, 0.15) is 5.56 Å². The Morgan fingerprint density at radius 3 is 2.37 bits per heavy atom. The Hall–Kier alpha value is -1.62. The van der Waals surface area contributed by atoms with Crippen molar-refractivity contribution in [3.8, 4) is 16.9 Å². The van der Waals surface area contributed by atoms with E-state index in [2.05, 4.69) is 0 Å². The molecule has 2 aromatic carbocycles. The average molecular weight is 284 g/mol. The van der Waals surface area contributed by atoms with Crippen molar-refractivity contribution < 1.29 is 18.3 Å². The summed E-state index contributed by atoms with van der Waals surface area (Å²) in [5, 5.41) is 9.44. The molecule has 0 heterocycles. The summed E-state index contributed by atoms with van der Waals surface area (Å²) in [6.45, 7) is 0. The summed E-state index contributed by atoms with van der Waals surface area (Å²) in [6.07, 6.45) is -2.58. The topological polar surface area (TPSA) is 20.2 Å². The van der Waals surface area contributed by atoms with E-state index in [4.69, 9.17) is 0 Å². The molecule has 2 rings (SSSR count). The lowest BCUT2D eigenvalue weighted by atomic mass is 10.0. The van der Waals surface area contributed by atoms with Crippen molar-refractivity contribution in [1.29, 1.82) is 0 Å². The van der Waals surface area contributed by atoms with Crippen LogP contribution in [-0.2, 0) is 6.18 Å². The molecule has 0 aliphatic rings. The fourth-order valence-corrected chi connectivity index (χ4v) is 2.20. The molecule has 0 radical (unpaired) electrons. The molecule has 0 aromatic heterocycles. The van der Waals surface area contributed by atoms with Crippen molar-refractivity contribution in [1.82, 2.24) is 0 Å². The first-order valence-corrected chi connectivity index (χ1v) is 6.68. The molecule has 0 aliphatic heterocycles. The Morgan fingerprint density at radius 2 is 1.74 bits per heavy atom. The lowest BCUT2D eigenvalue weighted by molar-refractivity contribution is -0.137.